The van der Waals surface area contributed by atoms with Gasteiger partial charge in [-0.05, 0) is 35.9 Å². The summed E-state index contributed by atoms with van der Waals surface area (Å²) in [5, 5.41) is 10.2. The molecule has 9 heteroatoms. The van der Waals surface area contributed by atoms with Crippen LogP contribution in [-0.4, -0.2) is 37.9 Å². The van der Waals surface area contributed by atoms with E-state index in [1.54, 1.807) is 43.5 Å². The zero-order chi connectivity index (χ0) is 19.4. The van der Waals surface area contributed by atoms with Gasteiger partial charge < -0.3 is 9.15 Å². The van der Waals surface area contributed by atoms with Crippen LogP contribution in [-0.2, 0) is 21.1 Å². The number of rotatable bonds is 6. The van der Waals surface area contributed by atoms with E-state index in [1.807, 2.05) is 0 Å². The Kier molecular flexibility index (Phi) is 5.22. The van der Waals surface area contributed by atoms with Crippen LogP contribution >= 0.6 is 0 Å². The van der Waals surface area contributed by atoms with Crippen molar-refractivity contribution in [3.8, 4) is 17.2 Å². The molecule has 8 nitrogen and oxygen atoms in total. The third kappa shape index (κ3) is 4.70. The lowest BCUT2D eigenvalue weighted by molar-refractivity contribution is -0.115. The van der Waals surface area contributed by atoms with Gasteiger partial charge in [0, 0.05) is 11.8 Å². The van der Waals surface area contributed by atoms with Gasteiger partial charge in [-0.3, -0.25) is 10.1 Å². The molecule has 2 aromatic carbocycles. The molecule has 1 heterocycles. The molecule has 1 aromatic heterocycles. The molecule has 1 N–H and O–H groups in total. The second-order valence-electron chi connectivity index (χ2n) is 5.79. The number of carbonyl (C=O) groups is 1. The predicted octanol–water partition coefficient (Wildman–Crippen LogP) is 2.33. The summed E-state index contributed by atoms with van der Waals surface area (Å²) in [7, 11) is -1.71. The minimum atomic E-state index is -3.27. The third-order valence-electron chi connectivity index (χ3n) is 3.70. The molecule has 3 rings (SSSR count). The van der Waals surface area contributed by atoms with Crippen molar-refractivity contribution in [1.29, 1.82) is 0 Å². The monoisotopic (exact) mass is 387 g/mol. The number of anilines is 1. The van der Waals surface area contributed by atoms with E-state index in [9.17, 15) is 13.2 Å². The zero-order valence-corrected chi connectivity index (χ0v) is 15.5. The molecule has 0 spiro atoms. The maximum absolute atomic E-state index is 12.1. The summed E-state index contributed by atoms with van der Waals surface area (Å²) in [6, 6.07) is 13.2. The minimum Gasteiger partial charge on any atom is -0.497 e. The van der Waals surface area contributed by atoms with E-state index in [4.69, 9.17) is 9.15 Å². The topological polar surface area (TPSA) is 111 Å². The van der Waals surface area contributed by atoms with E-state index in [-0.39, 0.29) is 29.1 Å². The Morgan fingerprint density at radius 2 is 1.89 bits per heavy atom. The first kappa shape index (κ1) is 18.6. The number of aromatic nitrogens is 2. The summed E-state index contributed by atoms with van der Waals surface area (Å²) < 4.78 is 33.5. The summed E-state index contributed by atoms with van der Waals surface area (Å²) >= 11 is 0. The average Bonchev–Trinajstić information content (AvgIpc) is 3.10. The van der Waals surface area contributed by atoms with Crippen molar-refractivity contribution >= 4 is 21.8 Å². The van der Waals surface area contributed by atoms with Crippen LogP contribution in [0.3, 0.4) is 0 Å². The van der Waals surface area contributed by atoms with Gasteiger partial charge in [-0.15, -0.1) is 5.10 Å². The van der Waals surface area contributed by atoms with Crippen LogP contribution in [0.5, 0.6) is 5.75 Å². The zero-order valence-electron chi connectivity index (χ0n) is 14.7. The van der Waals surface area contributed by atoms with Crippen LogP contribution in [0.25, 0.3) is 11.5 Å². The molecule has 1 amide bonds. The van der Waals surface area contributed by atoms with E-state index in [1.165, 1.54) is 12.1 Å². The van der Waals surface area contributed by atoms with Crippen LogP contribution in [0.2, 0.25) is 0 Å². The van der Waals surface area contributed by atoms with Crippen LogP contribution in [0.15, 0.2) is 57.8 Å². The predicted molar refractivity (Wildman–Crippen MR) is 98.2 cm³/mol. The second-order valence-corrected chi connectivity index (χ2v) is 7.80. The maximum Gasteiger partial charge on any atom is 0.322 e. The third-order valence-corrected chi connectivity index (χ3v) is 4.83. The molecule has 0 saturated heterocycles. The molecule has 140 valence electrons. The summed E-state index contributed by atoms with van der Waals surface area (Å²) in [5.41, 5.74) is 1.33. The van der Waals surface area contributed by atoms with E-state index in [2.05, 4.69) is 15.5 Å². The van der Waals surface area contributed by atoms with Gasteiger partial charge in [0.25, 0.3) is 0 Å². The summed E-state index contributed by atoms with van der Waals surface area (Å²) in [6.45, 7) is 0. The Morgan fingerprint density at radius 3 is 2.56 bits per heavy atom. The van der Waals surface area contributed by atoms with Gasteiger partial charge in [0.1, 0.15) is 5.75 Å². The molecule has 0 bridgehead atoms. The summed E-state index contributed by atoms with van der Waals surface area (Å²) in [5.74, 6) is 0.540. The van der Waals surface area contributed by atoms with Gasteiger partial charge in [0.15, 0.2) is 9.84 Å². The van der Waals surface area contributed by atoms with Crippen LogP contribution in [0, 0.1) is 0 Å². The number of benzene rings is 2. The second kappa shape index (κ2) is 7.58. The van der Waals surface area contributed by atoms with Crippen molar-refractivity contribution in [3.63, 3.8) is 0 Å². The summed E-state index contributed by atoms with van der Waals surface area (Å²) in [6.07, 6.45) is 1.17. The standard InChI is InChI=1S/C18H17N3O5S/c1-25-14-5-3-4-13(11-14)17-20-21-18(26-17)19-16(22)10-12-6-8-15(9-7-12)27(2,23)24/h3-9,11H,10H2,1-2H3,(H,19,21,22). The fourth-order valence-corrected chi connectivity index (χ4v) is 2.98. The number of nitrogens with one attached hydrogen (secondary N) is 1. The van der Waals surface area contributed by atoms with Crippen molar-refractivity contribution in [1.82, 2.24) is 10.2 Å². The Bertz CT molecular complexity index is 1060. The minimum absolute atomic E-state index is 0.0226. The van der Waals surface area contributed by atoms with Crippen molar-refractivity contribution in [2.75, 3.05) is 18.7 Å². The Balaban J connectivity index is 1.65. The van der Waals surface area contributed by atoms with Crippen molar-refractivity contribution < 1.29 is 22.4 Å². The fraction of sp³-hybridized carbons (Fsp3) is 0.167. The molecular weight excluding hydrogens is 370 g/mol. The molecule has 27 heavy (non-hydrogen) atoms. The van der Waals surface area contributed by atoms with Crippen molar-refractivity contribution in [2.24, 2.45) is 0 Å². The molecule has 3 aromatic rings. The Labute approximate surface area is 156 Å². The molecule has 0 aliphatic rings. The number of hydrogen-bond donors (Lipinski definition) is 1. The number of carbonyl (C=O) groups excluding carboxylic acids is 1. The molecule has 0 radical (unpaired) electrons. The van der Waals surface area contributed by atoms with Gasteiger partial charge in [0.2, 0.25) is 11.8 Å². The molecule has 0 fully saturated rings. The number of nitrogens with zero attached hydrogens (tertiary/aromatic N) is 2. The van der Waals surface area contributed by atoms with Gasteiger partial charge in [-0.25, -0.2) is 8.42 Å². The highest BCUT2D eigenvalue weighted by atomic mass is 32.2. The molecule has 0 unspecified atom stereocenters. The molecule has 0 saturated carbocycles. The molecule has 0 atom stereocenters. The highest BCUT2D eigenvalue weighted by molar-refractivity contribution is 7.90. The van der Waals surface area contributed by atoms with Crippen molar-refractivity contribution in [2.45, 2.75) is 11.3 Å². The number of methoxy groups -OCH3 is 1. The van der Waals surface area contributed by atoms with Crippen LogP contribution < -0.4 is 10.1 Å². The first-order valence-electron chi connectivity index (χ1n) is 7.92. The smallest absolute Gasteiger partial charge is 0.322 e. The highest BCUT2D eigenvalue weighted by Crippen LogP contribution is 2.23. The molecular formula is C18H17N3O5S. The van der Waals surface area contributed by atoms with Crippen LogP contribution in [0.1, 0.15) is 5.56 Å². The molecule has 0 aliphatic carbocycles. The average molecular weight is 387 g/mol. The fourth-order valence-electron chi connectivity index (χ4n) is 2.35. The van der Waals surface area contributed by atoms with E-state index in [0.29, 0.717) is 16.9 Å². The Hall–Kier alpha value is -3.20. The van der Waals surface area contributed by atoms with Gasteiger partial charge in [-0.2, -0.15) is 0 Å². The quantitative estimate of drug-likeness (QED) is 0.691. The van der Waals surface area contributed by atoms with Gasteiger partial charge in [0.05, 0.1) is 18.4 Å². The highest BCUT2D eigenvalue weighted by Gasteiger charge is 2.13. The normalized spacial score (nSPS) is 11.2. The lowest BCUT2D eigenvalue weighted by Gasteiger charge is -2.03. The number of ether oxygens (including phenoxy) is 1. The maximum atomic E-state index is 12.1. The van der Waals surface area contributed by atoms with Gasteiger partial charge >= 0.3 is 6.01 Å². The SMILES string of the molecule is COc1cccc(-c2nnc(NC(=O)Cc3ccc(S(C)(=O)=O)cc3)o2)c1. The summed E-state index contributed by atoms with van der Waals surface area (Å²) in [4.78, 5) is 12.3. The Morgan fingerprint density at radius 1 is 1.15 bits per heavy atom. The number of sulfone groups is 1. The number of amides is 1. The van der Waals surface area contributed by atoms with E-state index >= 15 is 0 Å². The first-order valence-corrected chi connectivity index (χ1v) is 9.81. The van der Waals surface area contributed by atoms with E-state index < -0.39 is 9.84 Å². The van der Waals surface area contributed by atoms with E-state index in [0.717, 1.165) is 6.26 Å². The van der Waals surface area contributed by atoms with Crippen LogP contribution in [0.4, 0.5) is 6.01 Å². The number of hydrogen-bond acceptors (Lipinski definition) is 7. The first-order chi connectivity index (χ1) is 12.8. The largest absolute Gasteiger partial charge is 0.497 e. The molecule has 0 aliphatic heterocycles. The lowest BCUT2D eigenvalue weighted by Crippen LogP contribution is -2.14. The van der Waals surface area contributed by atoms with Gasteiger partial charge in [-0.1, -0.05) is 23.3 Å². The lowest BCUT2D eigenvalue weighted by atomic mass is 10.1. The van der Waals surface area contributed by atoms with Crippen molar-refractivity contribution in [3.05, 3.63) is 54.1 Å².